The predicted octanol–water partition coefficient (Wildman–Crippen LogP) is 1.13. The molecule has 1 saturated heterocycles. The molecule has 0 spiro atoms. The minimum absolute atomic E-state index is 0.414. The molecule has 1 aromatic heterocycles. The van der Waals surface area contributed by atoms with Crippen LogP contribution < -0.4 is 5.32 Å². The van der Waals surface area contributed by atoms with Crippen LogP contribution in [0.3, 0.4) is 0 Å². The van der Waals surface area contributed by atoms with Crippen LogP contribution >= 0.6 is 0 Å². The van der Waals surface area contributed by atoms with Crippen molar-refractivity contribution in [2.24, 2.45) is 5.92 Å². The number of nitrogens with zero attached hydrogens (tertiary/aromatic N) is 4. The second-order valence-electron chi connectivity index (χ2n) is 6.37. The molecule has 0 bridgehead atoms. The first-order valence-electron chi connectivity index (χ1n) is 8.03. The topological polar surface area (TPSA) is 55.2 Å². The Bertz CT molecular complexity index is 399. The van der Waals surface area contributed by atoms with Crippen molar-refractivity contribution in [3.05, 3.63) is 11.9 Å². The van der Waals surface area contributed by atoms with E-state index in [2.05, 4.69) is 41.4 Å². The molecular weight excluding hydrogens is 266 g/mol. The highest BCUT2D eigenvalue weighted by atomic mass is 16.5. The van der Waals surface area contributed by atoms with Crippen molar-refractivity contribution in [2.75, 3.05) is 33.3 Å². The predicted molar refractivity (Wildman–Crippen MR) is 83.0 cm³/mol. The molecule has 0 aromatic carbocycles. The third-order valence-electron chi connectivity index (χ3n) is 3.78. The van der Waals surface area contributed by atoms with Crippen molar-refractivity contribution in [3.63, 3.8) is 0 Å². The molecule has 0 aliphatic carbocycles. The summed E-state index contributed by atoms with van der Waals surface area (Å²) in [6.45, 7) is 9.97. The normalized spacial score (nSPS) is 17.7. The summed E-state index contributed by atoms with van der Waals surface area (Å²) in [4.78, 5) is 2.35. The molecule has 21 heavy (non-hydrogen) atoms. The van der Waals surface area contributed by atoms with Crippen molar-refractivity contribution in [3.8, 4) is 0 Å². The number of ether oxygens (including phenoxy) is 1. The van der Waals surface area contributed by atoms with Gasteiger partial charge in [0.25, 0.3) is 0 Å². The Hall–Kier alpha value is -0.980. The SMILES string of the molecule is CC(C)CNCc1cn(CCOC2CCN(C)CC2)nn1. The molecular formula is C15H29N5O. The molecule has 1 aliphatic heterocycles. The molecule has 6 heteroatoms. The highest BCUT2D eigenvalue weighted by Crippen LogP contribution is 2.11. The van der Waals surface area contributed by atoms with Gasteiger partial charge in [-0.15, -0.1) is 5.10 Å². The van der Waals surface area contributed by atoms with Gasteiger partial charge in [0.05, 0.1) is 24.9 Å². The van der Waals surface area contributed by atoms with E-state index in [1.54, 1.807) is 0 Å². The summed E-state index contributed by atoms with van der Waals surface area (Å²) in [6, 6.07) is 0. The number of rotatable bonds is 8. The highest BCUT2D eigenvalue weighted by Gasteiger charge is 2.16. The van der Waals surface area contributed by atoms with Gasteiger partial charge >= 0.3 is 0 Å². The summed E-state index contributed by atoms with van der Waals surface area (Å²) in [5.41, 5.74) is 0.995. The van der Waals surface area contributed by atoms with Crippen LogP contribution in [0.25, 0.3) is 0 Å². The first-order chi connectivity index (χ1) is 10.1. The molecule has 0 atom stereocenters. The van der Waals surface area contributed by atoms with Gasteiger partial charge in [0.2, 0.25) is 0 Å². The van der Waals surface area contributed by atoms with Crippen molar-refractivity contribution in [2.45, 2.75) is 45.9 Å². The monoisotopic (exact) mass is 295 g/mol. The second kappa shape index (κ2) is 8.46. The third-order valence-corrected chi connectivity index (χ3v) is 3.78. The number of likely N-dealkylation sites (tertiary alicyclic amines) is 1. The smallest absolute Gasteiger partial charge is 0.0964 e. The molecule has 0 saturated carbocycles. The Morgan fingerprint density at radius 3 is 2.86 bits per heavy atom. The largest absolute Gasteiger partial charge is 0.376 e. The lowest BCUT2D eigenvalue weighted by atomic mass is 10.1. The van der Waals surface area contributed by atoms with Gasteiger partial charge in [0.15, 0.2) is 0 Å². The number of piperidine rings is 1. The molecule has 0 unspecified atom stereocenters. The molecule has 1 aliphatic rings. The van der Waals surface area contributed by atoms with E-state index in [1.807, 2.05) is 10.9 Å². The van der Waals surface area contributed by atoms with Crippen molar-refractivity contribution < 1.29 is 4.74 Å². The maximum atomic E-state index is 5.93. The van der Waals surface area contributed by atoms with Crippen LogP contribution in [-0.2, 0) is 17.8 Å². The standard InChI is InChI=1S/C15H29N5O/c1-13(2)10-16-11-14-12-20(18-17-14)8-9-21-15-4-6-19(3)7-5-15/h12-13,15-16H,4-11H2,1-3H3. The van der Waals surface area contributed by atoms with Crippen LogP contribution in [0.1, 0.15) is 32.4 Å². The molecule has 0 amide bonds. The van der Waals surface area contributed by atoms with E-state index in [0.29, 0.717) is 12.0 Å². The van der Waals surface area contributed by atoms with Crippen LogP contribution in [0, 0.1) is 5.92 Å². The maximum Gasteiger partial charge on any atom is 0.0964 e. The van der Waals surface area contributed by atoms with E-state index in [4.69, 9.17) is 4.74 Å². The summed E-state index contributed by atoms with van der Waals surface area (Å²) < 4.78 is 7.80. The van der Waals surface area contributed by atoms with Crippen molar-refractivity contribution >= 4 is 0 Å². The van der Waals surface area contributed by atoms with Crippen LogP contribution in [0.5, 0.6) is 0 Å². The molecule has 2 heterocycles. The van der Waals surface area contributed by atoms with E-state index in [-0.39, 0.29) is 0 Å². The number of aromatic nitrogens is 3. The Balaban J connectivity index is 1.61. The van der Waals surface area contributed by atoms with Gasteiger partial charge in [-0.3, -0.25) is 0 Å². The van der Waals surface area contributed by atoms with Gasteiger partial charge in [-0.05, 0) is 32.4 Å². The number of nitrogens with one attached hydrogen (secondary N) is 1. The van der Waals surface area contributed by atoms with Gasteiger partial charge in [0, 0.05) is 25.8 Å². The van der Waals surface area contributed by atoms with Crippen molar-refractivity contribution in [1.82, 2.24) is 25.2 Å². The average molecular weight is 295 g/mol. The lowest BCUT2D eigenvalue weighted by Gasteiger charge is -2.28. The fourth-order valence-electron chi connectivity index (χ4n) is 2.48. The molecule has 2 rings (SSSR count). The third kappa shape index (κ3) is 6.11. The highest BCUT2D eigenvalue weighted by molar-refractivity contribution is 4.91. The van der Waals surface area contributed by atoms with E-state index < -0.39 is 0 Å². The van der Waals surface area contributed by atoms with Gasteiger partial charge in [0.1, 0.15) is 0 Å². The lowest BCUT2D eigenvalue weighted by Crippen LogP contribution is -2.34. The Kier molecular flexibility index (Phi) is 6.60. The van der Waals surface area contributed by atoms with Crippen LogP contribution in [0.2, 0.25) is 0 Å². The minimum atomic E-state index is 0.414. The maximum absolute atomic E-state index is 5.93. The first kappa shape index (κ1) is 16.4. The van der Waals surface area contributed by atoms with E-state index in [1.165, 1.54) is 0 Å². The minimum Gasteiger partial charge on any atom is -0.376 e. The van der Waals surface area contributed by atoms with Gasteiger partial charge < -0.3 is 15.0 Å². The number of hydrogen-bond donors (Lipinski definition) is 1. The zero-order chi connectivity index (χ0) is 15.1. The van der Waals surface area contributed by atoms with Crippen molar-refractivity contribution in [1.29, 1.82) is 0 Å². The average Bonchev–Trinajstić information content (AvgIpc) is 2.88. The molecule has 1 aromatic rings. The Labute approximate surface area is 127 Å². The van der Waals surface area contributed by atoms with Crippen LogP contribution in [0.4, 0.5) is 0 Å². The molecule has 1 N–H and O–H groups in total. The molecule has 6 nitrogen and oxygen atoms in total. The van der Waals surface area contributed by atoms with Crippen LogP contribution in [0.15, 0.2) is 6.20 Å². The summed E-state index contributed by atoms with van der Waals surface area (Å²) in [5.74, 6) is 0.656. The van der Waals surface area contributed by atoms with E-state index in [9.17, 15) is 0 Å². The summed E-state index contributed by atoms with van der Waals surface area (Å²) in [5, 5.41) is 11.7. The Morgan fingerprint density at radius 1 is 1.38 bits per heavy atom. The zero-order valence-electron chi connectivity index (χ0n) is 13.6. The van der Waals surface area contributed by atoms with E-state index >= 15 is 0 Å². The lowest BCUT2D eigenvalue weighted by molar-refractivity contribution is 0.00770. The molecule has 120 valence electrons. The fraction of sp³-hybridized carbons (Fsp3) is 0.867. The summed E-state index contributed by atoms with van der Waals surface area (Å²) in [7, 11) is 2.17. The first-order valence-corrected chi connectivity index (χ1v) is 8.03. The molecule has 0 radical (unpaired) electrons. The summed E-state index contributed by atoms with van der Waals surface area (Å²) >= 11 is 0. The fourth-order valence-corrected chi connectivity index (χ4v) is 2.48. The van der Waals surface area contributed by atoms with Gasteiger partial charge in [-0.1, -0.05) is 19.1 Å². The quantitative estimate of drug-likeness (QED) is 0.779. The molecule has 1 fully saturated rings. The van der Waals surface area contributed by atoms with Crippen LogP contribution in [-0.4, -0.2) is 59.3 Å². The van der Waals surface area contributed by atoms with E-state index in [0.717, 1.165) is 57.9 Å². The summed E-state index contributed by atoms with van der Waals surface area (Å²) in [6.07, 6.45) is 4.69. The van der Waals surface area contributed by atoms with Gasteiger partial charge in [-0.2, -0.15) is 0 Å². The zero-order valence-corrected chi connectivity index (χ0v) is 13.6. The number of hydrogen-bond acceptors (Lipinski definition) is 5. The van der Waals surface area contributed by atoms with Gasteiger partial charge in [-0.25, -0.2) is 4.68 Å². The Morgan fingerprint density at radius 2 is 2.14 bits per heavy atom. The second-order valence-corrected chi connectivity index (χ2v) is 6.37.